The SMILES string of the molecule is COc1cc2c(cc1OC)C(CN(C)C)N(C(=O)[C@@H]1Cc3ccccc3CN1Cc1ccccc1F)CC2. The van der Waals surface area contributed by atoms with E-state index in [4.69, 9.17) is 9.47 Å². The van der Waals surface area contributed by atoms with Crippen LogP contribution in [0.3, 0.4) is 0 Å². The van der Waals surface area contributed by atoms with E-state index in [0.717, 1.165) is 12.0 Å². The third kappa shape index (κ3) is 5.13. The fourth-order valence-corrected chi connectivity index (χ4v) is 5.86. The highest BCUT2D eigenvalue weighted by molar-refractivity contribution is 5.83. The molecule has 1 amide bonds. The highest BCUT2D eigenvalue weighted by Gasteiger charge is 2.39. The molecule has 5 rings (SSSR count). The number of carbonyl (C=O) groups excluding carboxylic acids is 1. The van der Waals surface area contributed by atoms with Gasteiger partial charge in [-0.3, -0.25) is 9.69 Å². The lowest BCUT2D eigenvalue weighted by Gasteiger charge is -2.44. The molecule has 0 spiro atoms. The van der Waals surface area contributed by atoms with Crippen molar-refractivity contribution in [1.82, 2.24) is 14.7 Å². The number of nitrogens with zero attached hydrogens (tertiary/aromatic N) is 3. The smallest absolute Gasteiger partial charge is 0.240 e. The maximum Gasteiger partial charge on any atom is 0.240 e. The van der Waals surface area contributed by atoms with E-state index in [1.54, 1.807) is 20.3 Å². The van der Waals surface area contributed by atoms with Crippen LogP contribution in [0.5, 0.6) is 11.5 Å². The first-order valence-electron chi connectivity index (χ1n) is 13.1. The second kappa shape index (κ2) is 11.1. The molecule has 0 fully saturated rings. The van der Waals surface area contributed by atoms with Crippen molar-refractivity contribution in [3.63, 3.8) is 0 Å². The molecule has 7 heteroatoms. The lowest BCUT2D eigenvalue weighted by Crippen LogP contribution is -2.54. The summed E-state index contributed by atoms with van der Waals surface area (Å²) < 4.78 is 25.8. The van der Waals surface area contributed by atoms with Crippen LogP contribution in [0, 0.1) is 5.82 Å². The van der Waals surface area contributed by atoms with Crippen LogP contribution in [0.1, 0.15) is 33.9 Å². The summed E-state index contributed by atoms with van der Waals surface area (Å²) in [5.74, 6) is 1.21. The Bertz CT molecular complexity index is 1310. The summed E-state index contributed by atoms with van der Waals surface area (Å²) in [6.45, 7) is 2.29. The molecule has 2 aliphatic heterocycles. The molecule has 0 radical (unpaired) electrons. The van der Waals surface area contributed by atoms with E-state index in [1.807, 2.05) is 55.4 Å². The Morgan fingerprint density at radius 2 is 1.66 bits per heavy atom. The molecular formula is C31H36FN3O3. The van der Waals surface area contributed by atoms with Crippen molar-refractivity contribution in [2.24, 2.45) is 0 Å². The van der Waals surface area contributed by atoms with Gasteiger partial charge in [-0.25, -0.2) is 4.39 Å². The fourth-order valence-electron chi connectivity index (χ4n) is 5.86. The molecule has 0 bridgehead atoms. The average Bonchev–Trinajstić information content (AvgIpc) is 2.92. The van der Waals surface area contributed by atoms with Crippen LogP contribution in [-0.2, 0) is 30.7 Å². The second-order valence-electron chi connectivity index (χ2n) is 10.5. The van der Waals surface area contributed by atoms with Gasteiger partial charge in [0.2, 0.25) is 5.91 Å². The minimum atomic E-state index is -0.379. The molecule has 3 aromatic carbocycles. The second-order valence-corrected chi connectivity index (χ2v) is 10.5. The first-order valence-corrected chi connectivity index (χ1v) is 13.1. The monoisotopic (exact) mass is 517 g/mol. The predicted octanol–water partition coefficient (Wildman–Crippen LogP) is 4.46. The summed E-state index contributed by atoms with van der Waals surface area (Å²) in [7, 11) is 7.33. The van der Waals surface area contributed by atoms with E-state index in [2.05, 4.69) is 21.9 Å². The van der Waals surface area contributed by atoms with Crippen molar-refractivity contribution in [2.75, 3.05) is 41.4 Å². The van der Waals surface area contributed by atoms with Crippen molar-refractivity contribution in [3.8, 4) is 11.5 Å². The maximum absolute atomic E-state index is 14.7. The Labute approximate surface area is 224 Å². The Hall–Kier alpha value is -3.42. The summed E-state index contributed by atoms with van der Waals surface area (Å²) in [4.78, 5) is 20.7. The summed E-state index contributed by atoms with van der Waals surface area (Å²) in [6, 6.07) is 18.7. The summed E-state index contributed by atoms with van der Waals surface area (Å²) >= 11 is 0. The standard InChI is InChI=1S/C31H36FN3O3/c1-33(2)20-28-25-17-30(38-4)29(37-3)16-22(25)13-14-35(28)31(36)27-15-21-9-5-6-10-23(21)18-34(27)19-24-11-7-8-12-26(24)32/h5-12,16-17,27-28H,13-15,18-20H2,1-4H3/t27-,28?/m0/s1. The number of likely N-dealkylation sites (N-methyl/N-ethyl adjacent to an activating group) is 1. The molecule has 200 valence electrons. The normalized spacial score (nSPS) is 19.2. The number of amides is 1. The number of fused-ring (bicyclic) bond motifs is 2. The van der Waals surface area contributed by atoms with Gasteiger partial charge < -0.3 is 19.3 Å². The van der Waals surface area contributed by atoms with E-state index in [1.165, 1.54) is 22.8 Å². The largest absolute Gasteiger partial charge is 0.493 e. The first kappa shape index (κ1) is 26.2. The number of ether oxygens (including phenoxy) is 2. The number of hydrogen-bond acceptors (Lipinski definition) is 5. The van der Waals surface area contributed by atoms with Crippen molar-refractivity contribution < 1.29 is 18.7 Å². The van der Waals surface area contributed by atoms with Gasteiger partial charge in [0.25, 0.3) is 0 Å². The van der Waals surface area contributed by atoms with Crippen molar-refractivity contribution in [3.05, 3.63) is 94.3 Å². The van der Waals surface area contributed by atoms with Crippen LogP contribution >= 0.6 is 0 Å². The van der Waals surface area contributed by atoms with Gasteiger partial charge in [0.15, 0.2) is 11.5 Å². The summed E-state index contributed by atoms with van der Waals surface area (Å²) in [5, 5.41) is 0. The molecular weight excluding hydrogens is 481 g/mol. The third-order valence-electron chi connectivity index (χ3n) is 7.79. The number of hydrogen-bond donors (Lipinski definition) is 0. The van der Waals surface area contributed by atoms with Crippen LogP contribution in [0.2, 0.25) is 0 Å². The zero-order valence-corrected chi connectivity index (χ0v) is 22.6. The molecule has 0 saturated carbocycles. The van der Waals surface area contributed by atoms with Crippen molar-refractivity contribution >= 4 is 5.91 Å². The summed E-state index contributed by atoms with van der Waals surface area (Å²) in [5.41, 5.74) is 5.25. The predicted molar refractivity (Wildman–Crippen MR) is 146 cm³/mol. The number of rotatable bonds is 7. The number of methoxy groups -OCH3 is 2. The maximum atomic E-state index is 14.7. The van der Waals surface area contributed by atoms with E-state index in [-0.39, 0.29) is 23.8 Å². The van der Waals surface area contributed by atoms with Crippen LogP contribution in [0.4, 0.5) is 4.39 Å². The van der Waals surface area contributed by atoms with E-state index in [0.29, 0.717) is 49.7 Å². The van der Waals surface area contributed by atoms with E-state index >= 15 is 0 Å². The molecule has 2 atom stereocenters. The average molecular weight is 518 g/mol. The number of halogens is 1. The van der Waals surface area contributed by atoms with Gasteiger partial charge >= 0.3 is 0 Å². The van der Waals surface area contributed by atoms with Gasteiger partial charge in [0, 0.05) is 31.7 Å². The Morgan fingerprint density at radius 3 is 2.37 bits per heavy atom. The zero-order valence-electron chi connectivity index (χ0n) is 22.6. The number of carbonyl (C=O) groups is 1. The van der Waals surface area contributed by atoms with Gasteiger partial charge in [-0.15, -0.1) is 0 Å². The minimum Gasteiger partial charge on any atom is -0.493 e. The number of benzene rings is 3. The van der Waals surface area contributed by atoms with Crippen LogP contribution in [-0.4, -0.2) is 68.1 Å². The summed E-state index contributed by atoms with van der Waals surface area (Å²) in [6.07, 6.45) is 1.34. The van der Waals surface area contributed by atoms with Gasteiger partial charge in [0.05, 0.1) is 26.3 Å². The van der Waals surface area contributed by atoms with Crippen LogP contribution in [0.25, 0.3) is 0 Å². The molecule has 0 saturated heterocycles. The molecule has 0 aromatic heterocycles. The lowest BCUT2D eigenvalue weighted by molar-refractivity contribution is -0.141. The first-order chi connectivity index (χ1) is 18.4. The van der Waals surface area contributed by atoms with E-state index < -0.39 is 0 Å². The molecule has 0 N–H and O–H groups in total. The van der Waals surface area contributed by atoms with Crippen molar-refractivity contribution in [2.45, 2.75) is 38.0 Å². The molecule has 6 nitrogen and oxygen atoms in total. The minimum absolute atomic E-state index is 0.0862. The molecule has 2 heterocycles. The quantitative estimate of drug-likeness (QED) is 0.463. The topological polar surface area (TPSA) is 45.3 Å². The lowest BCUT2D eigenvalue weighted by atomic mass is 9.88. The fraction of sp³-hybridized carbons (Fsp3) is 0.387. The Morgan fingerprint density at radius 1 is 0.974 bits per heavy atom. The van der Waals surface area contributed by atoms with Gasteiger partial charge in [-0.1, -0.05) is 42.5 Å². The molecule has 1 unspecified atom stereocenters. The van der Waals surface area contributed by atoms with Crippen LogP contribution in [0.15, 0.2) is 60.7 Å². The third-order valence-corrected chi connectivity index (χ3v) is 7.79. The van der Waals surface area contributed by atoms with Gasteiger partial charge in [0.1, 0.15) is 5.82 Å². The Kier molecular flexibility index (Phi) is 7.68. The van der Waals surface area contributed by atoms with Gasteiger partial charge in [-0.2, -0.15) is 0 Å². The highest BCUT2D eigenvalue weighted by Crippen LogP contribution is 2.39. The van der Waals surface area contributed by atoms with Crippen molar-refractivity contribution in [1.29, 1.82) is 0 Å². The molecule has 3 aromatic rings. The molecule has 38 heavy (non-hydrogen) atoms. The van der Waals surface area contributed by atoms with Gasteiger partial charge in [-0.05, 0) is 67.4 Å². The zero-order chi connectivity index (χ0) is 26.8. The Balaban J connectivity index is 1.51. The molecule has 0 aliphatic carbocycles. The molecule has 2 aliphatic rings. The van der Waals surface area contributed by atoms with E-state index in [9.17, 15) is 9.18 Å². The van der Waals surface area contributed by atoms with Crippen LogP contribution < -0.4 is 9.47 Å². The highest BCUT2D eigenvalue weighted by atomic mass is 19.1.